The van der Waals surface area contributed by atoms with Crippen LogP contribution < -0.4 is 9.80 Å². The van der Waals surface area contributed by atoms with Crippen molar-refractivity contribution in [3.8, 4) is 0 Å². The maximum Gasteiger partial charge on any atom is 0.340 e. The summed E-state index contributed by atoms with van der Waals surface area (Å²) in [7, 11) is 1.30. The lowest BCUT2D eigenvalue weighted by Gasteiger charge is -2.28. The first-order valence-electron chi connectivity index (χ1n) is 7.81. The van der Waals surface area contributed by atoms with E-state index in [2.05, 4.69) is 0 Å². The minimum Gasteiger partial charge on any atom is -0.465 e. The van der Waals surface area contributed by atoms with Gasteiger partial charge >= 0.3 is 5.97 Å². The van der Waals surface area contributed by atoms with Gasteiger partial charge in [-0.25, -0.2) is 4.79 Å². The maximum atomic E-state index is 12.2. The summed E-state index contributed by atoms with van der Waals surface area (Å²) in [4.78, 5) is 39.6. The van der Waals surface area contributed by atoms with Crippen molar-refractivity contribution in [3.63, 3.8) is 0 Å². The number of benzene rings is 1. The van der Waals surface area contributed by atoms with E-state index in [0.29, 0.717) is 36.4 Å². The van der Waals surface area contributed by atoms with Crippen LogP contribution in [0.4, 0.5) is 11.4 Å². The second-order valence-corrected chi connectivity index (χ2v) is 5.48. The number of anilines is 2. The largest absolute Gasteiger partial charge is 0.465 e. The van der Waals surface area contributed by atoms with Gasteiger partial charge in [0.25, 0.3) is 0 Å². The highest BCUT2D eigenvalue weighted by molar-refractivity contribution is 6.09. The standard InChI is InChI=1S/C17H22N2O4/c1-4-10-18(12(2)20)14-8-5-7-13(17(22)23-3)16(14)19-11-6-9-15(19)21/h5,7-8H,4,6,9-11H2,1-3H3. The number of methoxy groups -OCH3 is 1. The molecular weight excluding hydrogens is 296 g/mol. The van der Waals surface area contributed by atoms with E-state index in [4.69, 9.17) is 4.74 Å². The molecule has 0 aromatic heterocycles. The Morgan fingerprint density at radius 2 is 2.09 bits per heavy atom. The fraction of sp³-hybridized carbons (Fsp3) is 0.471. The average molecular weight is 318 g/mol. The van der Waals surface area contributed by atoms with E-state index < -0.39 is 5.97 Å². The minimum atomic E-state index is -0.512. The lowest BCUT2D eigenvalue weighted by Crippen LogP contribution is -2.34. The van der Waals surface area contributed by atoms with Crippen LogP contribution in [0, 0.1) is 0 Å². The van der Waals surface area contributed by atoms with Crippen molar-refractivity contribution in [2.75, 3.05) is 30.0 Å². The van der Waals surface area contributed by atoms with Gasteiger partial charge in [-0.3, -0.25) is 9.59 Å². The first-order valence-corrected chi connectivity index (χ1v) is 7.81. The third-order valence-electron chi connectivity index (χ3n) is 3.88. The highest BCUT2D eigenvalue weighted by Crippen LogP contribution is 2.36. The van der Waals surface area contributed by atoms with Gasteiger partial charge < -0.3 is 14.5 Å². The predicted molar refractivity (Wildman–Crippen MR) is 87.7 cm³/mol. The molecule has 2 amide bonds. The fourth-order valence-electron chi connectivity index (χ4n) is 2.86. The van der Waals surface area contributed by atoms with Crippen LogP contribution in [0.3, 0.4) is 0 Å². The molecule has 2 rings (SSSR count). The molecule has 0 unspecified atom stereocenters. The quantitative estimate of drug-likeness (QED) is 0.782. The smallest absolute Gasteiger partial charge is 0.340 e. The molecule has 1 aromatic rings. The number of nitrogens with zero attached hydrogens (tertiary/aromatic N) is 2. The van der Waals surface area contributed by atoms with Crippen molar-refractivity contribution in [3.05, 3.63) is 23.8 Å². The average Bonchev–Trinajstić information content (AvgIpc) is 2.96. The topological polar surface area (TPSA) is 66.9 Å². The van der Waals surface area contributed by atoms with Crippen LogP contribution in [-0.4, -0.2) is 38.0 Å². The monoisotopic (exact) mass is 318 g/mol. The van der Waals surface area contributed by atoms with Crippen molar-refractivity contribution in [1.82, 2.24) is 0 Å². The molecule has 0 N–H and O–H groups in total. The van der Waals surface area contributed by atoms with E-state index in [1.165, 1.54) is 14.0 Å². The molecule has 0 saturated carbocycles. The highest BCUT2D eigenvalue weighted by atomic mass is 16.5. The highest BCUT2D eigenvalue weighted by Gasteiger charge is 2.30. The third kappa shape index (κ3) is 3.36. The number of hydrogen-bond donors (Lipinski definition) is 0. The number of ether oxygens (including phenoxy) is 1. The van der Waals surface area contributed by atoms with Gasteiger partial charge in [0, 0.05) is 26.4 Å². The molecule has 1 heterocycles. The van der Waals surface area contributed by atoms with Gasteiger partial charge in [0.05, 0.1) is 24.0 Å². The Kier molecular flexibility index (Phi) is 5.36. The molecule has 0 atom stereocenters. The molecule has 1 saturated heterocycles. The summed E-state index contributed by atoms with van der Waals surface area (Å²) < 4.78 is 4.85. The number of carbonyl (C=O) groups is 3. The van der Waals surface area contributed by atoms with Gasteiger partial charge in [0.15, 0.2) is 0 Å². The van der Waals surface area contributed by atoms with Crippen LogP contribution in [-0.2, 0) is 14.3 Å². The van der Waals surface area contributed by atoms with Gasteiger partial charge in [0.1, 0.15) is 0 Å². The van der Waals surface area contributed by atoms with Crippen LogP contribution >= 0.6 is 0 Å². The fourth-order valence-corrected chi connectivity index (χ4v) is 2.86. The van der Waals surface area contributed by atoms with Crippen molar-refractivity contribution >= 4 is 29.2 Å². The normalized spacial score (nSPS) is 14.0. The molecule has 0 bridgehead atoms. The van der Waals surface area contributed by atoms with Gasteiger partial charge in [-0.15, -0.1) is 0 Å². The Hall–Kier alpha value is -2.37. The zero-order chi connectivity index (χ0) is 17.0. The van der Waals surface area contributed by atoms with E-state index in [-0.39, 0.29) is 11.8 Å². The van der Waals surface area contributed by atoms with Crippen molar-refractivity contribution in [2.24, 2.45) is 0 Å². The van der Waals surface area contributed by atoms with E-state index >= 15 is 0 Å². The Morgan fingerprint density at radius 3 is 2.61 bits per heavy atom. The number of hydrogen-bond acceptors (Lipinski definition) is 4. The van der Waals surface area contributed by atoms with Crippen LogP contribution in [0.2, 0.25) is 0 Å². The Balaban J connectivity index is 2.63. The summed E-state index contributed by atoms with van der Waals surface area (Å²) in [5.74, 6) is -0.675. The van der Waals surface area contributed by atoms with Gasteiger partial charge in [0.2, 0.25) is 11.8 Å². The number of amides is 2. The summed E-state index contributed by atoms with van der Waals surface area (Å²) in [6.45, 7) is 4.52. The Bertz CT molecular complexity index is 627. The van der Waals surface area contributed by atoms with Gasteiger partial charge in [-0.1, -0.05) is 13.0 Å². The Labute approximate surface area is 136 Å². The summed E-state index contributed by atoms with van der Waals surface area (Å²) in [5.41, 5.74) is 1.37. The number of esters is 1. The molecule has 124 valence electrons. The van der Waals surface area contributed by atoms with Crippen molar-refractivity contribution < 1.29 is 19.1 Å². The van der Waals surface area contributed by atoms with Crippen LogP contribution in [0.25, 0.3) is 0 Å². The summed E-state index contributed by atoms with van der Waals surface area (Å²) in [5, 5.41) is 0. The molecule has 1 aliphatic rings. The van der Waals surface area contributed by atoms with E-state index in [1.807, 2.05) is 6.92 Å². The van der Waals surface area contributed by atoms with Crippen molar-refractivity contribution in [1.29, 1.82) is 0 Å². The lowest BCUT2D eigenvalue weighted by molar-refractivity contribution is -0.117. The zero-order valence-corrected chi connectivity index (χ0v) is 13.8. The molecule has 6 heteroatoms. The Morgan fingerprint density at radius 1 is 1.35 bits per heavy atom. The lowest BCUT2D eigenvalue weighted by atomic mass is 10.1. The maximum absolute atomic E-state index is 12.2. The molecule has 6 nitrogen and oxygen atoms in total. The number of carbonyl (C=O) groups excluding carboxylic acids is 3. The summed E-state index contributed by atoms with van der Waals surface area (Å²) in [6.07, 6.45) is 1.96. The number of rotatable bonds is 5. The summed E-state index contributed by atoms with van der Waals surface area (Å²) >= 11 is 0. The van der Waals surface area contributed by atoms with Gasteiger partial charge in [-0.05, 0) is 25.0 Å². The molecule has 0 spiro atoms. The second kappa shape index (κ2) is 7.26. The minimum absolute atomic E-state index is 0.0393. The summed E-state index contributed by atoms with van der Waals surface area (Å²) in [6, 6.07) is 5.10. The van der Waals surface area contributed by atoms with E-state index in [1.54, 1.807) is 28.0 Å². The SMILES string of the molecule is CCCN(C(C)=O)c1cccc(C(=O)OC)c1N1CCCC1=O. The first kappa shape index (κ1) is 17.0. The van der Waals surface area contributed by atoms with E-state index in [9.17, 15) is 14.4 Å². The van der Waals surface area contributed by atoms with Crippen molar-refractivity contribution in [2.45, 2.75) is 33.1 Å². The molecule has 1 aromatic carbocycles. The van der Waals surface area contributed by atoms with Crippen LogP contribution in [0.15, 0.2) is 18.2 Å². The zero-order valence-electron chi connectivity index (χ0n) is 13.8. The second-order valence-electron chi connectivity index (χ2n) is 5.48. The molecule has 0 radical (unpaired) electrons. The van der Waals surface area contributed by atoms with Crippen LogP contribution in [0.5, 0.6) is 0 Å². The number of para-hydroxylation sites is 1. The molecule has 23 heavy (non-hydrogen) atoms. The molecule has 1 fully saturated rings. The molecular formula is C17H22N2O4. The first-order chi connectivity index (χ1) is 11.0. The van der Waals surface area contributed by atoms with Crippen LogP contribution in [0.1, 0.15) is 43.5 Å². The van der Waals surface area contributed by atoms with Gasteiger partial charge in [-0.2, -0.15) is 0 Å². The molecule has 0 aliphatic carbocycles. The predicted octanol–water partition coefficient (Wildman–Crippen LogP) is 2.36. The van der Waals surface area contributed by atoms with E-state index in [0.717, 1.165) is 12.8 Å². The third-order valence-corrected chi connectivity index (χ3v) is 3.88. The molecule has 1 aliphatic heterocycles.